The third-order valence-corrected chi connectivity index (χ3v) is 3.85. The number of carbonyl (C=O) groups is 2. The van der Waals surface area contributed by atoms with Crippen LogP contribution in [-0.4, -0.2) is 46.1 Å². The van der Waals surface area contributed by atoms with Crippen molar-refractivity contribution >= 4 is 23.3 Å². The lowest BCUT2D eigenvalue weighted by Gasteiger charge is -2.18. The number of aliphatic carboxylic acids is 1. The smallest absolute Gasteiger partial charge is 0.394 e. The number of nitrogens with zero attached hydrogens (tertiary/aromatic N) is 2. The van der Waals surface area contributed by atoms with E-state index in [0.717, 1.165) is 12.1 Å². The third-order valence-electron chi connectivity index (χ3n) is 3.85. The van der Waals surface area contributed by atoms with Gasteiger partial charge in [-0.2, -0.15) is 13.2 Å². The molecule has 130 valence electrons. The zero-order valence-corrected chi connectivity index (χ0v) is 12.0. The number of nitrogen functional groups attached to an aromatic ring is 1. The van der Waals surface area contributed by atoms with Gasteiger partial charge < -0.3 is 15.7 Å². The van der Waals surface area contributed by atoms with Gasteiger partial charge in [0.25, 0.3) is 11.6 Å². The van der Waals surface area contributed by atoms with Crippen molar-refractivity contribution in [3.63, 3.8) is 0 Å². The zero-order chi connectivity index (χ0) is 18.2. The lowest BCUT2D eigenvalue weighted by molar-refractivity contribution is -0.383. The molecule has 1 amide bonds. The Bertz CT molecular complexity index is 707. The van der Waals surface area contributed by atoms with E-state index in [1.165, 1.54) is 6.07 Å². The van der Waals surface area contributed by atoms with Gasteiger partial charge in [-0.3, -0.25) is 19.7 Å². The van der Waals surface area contributed by atoms with Gasteiger partial charge >= 0.3 is 12.1 Å². The molecule has 8 nitrogen and oxygen atoms in total. The number of nitro groups is 1. The number of carboxylic acid groups (broad SMARTS) is 1. The van der Waals surface area contributed by atoms with Crippen LogP contribution in [0.1, 0.15) is 10.4 Å². The highest BCUT2D eigenvalue weighted by Gasteiger charge is 2.53. The second-order valence-electron chi connectivity index (χ2n) is 5.30. The maximum absolute atomic E-state index is 12.9. The van der Waals surface area contributed by atoms with Crippen molar-refractivity contribution in [3.05, 3.63) is 33.9 Å². The molecule has 11 heteroatoms. The molecular weight excluding hydrogens is 335 g/mol. The molecule has 1 aromatic carbocycles. The van der Waals surface area contributed by atoms with Gasteiger partial charge in [-0.05, 0) is 6.07 Å². The monoisotopic (exact) mass is 347 g/mol. The summed E-state index contributed by atoms with van der Waals surface area (Å²) in [6.07, 6.45) is -4.79. The summed E-state index contributed by atoms with van der Waals surface area (Å²) in [5.74, 6) is -6.65. The fourth-order valence-corrected chi connectivity index (χ4v) is 2.62. The number of halogens is 3. The molecule has 0 radical (unpaired) electrons. The van der Waals surface area contributed by atoms with Crippen LogP contribution in [0.2, 0.25) is 0 Å². The van der Waals surface area contributed by atoms with Crippen molar-refractivity contribution in [1.29, 1.82) is 0 Å². The molecule has 0 unspecified atom stereocenters. The standard InChI is InChI=1S/C13H12F3N3O5/c14-13(15,16)8-5-18(4-7(8)12(21)22)11(20)6-2-1-3-9(10(6)17)19(23)24/h1-3,7-8H,4-5,17H2,(H,21,22)/t7-,8-/m1/s1. The van der Waals surface area contributed by atoms with Gasteiger partial charge in [0.1, 0.15) is 5.69 Å². The van der Waals surface area contributed by atoms with Crippen molar-refractivity contribution in [1.82, 2.24) is 4.90 Å². The van der Waals surface area contributed by atoms with E-state index >= 15 is 0 Å². The molecular formula is C13H12F3N3O5. The molecule has 1 aromatic rings. The summed E-state index contributed by atoms with van der Waals surface area (Å²) in [6.45, 7) is -1.50. The maximum Gasteiger partial charge on any atom is 0.394 e. The Morgan fingerprint density at radius 3 is 2.42 bits per heavy atom. The van der Waals surface area contributed by atoms with Crippen LogP contribution in [-0.2, 0) is 4.79 Å². The van der Waals surface area contributed by atoms with Crippen LogP contribution in [0.15, 0.2) is 18.2 Å². The Hall–Kier alpha value is -2.85. The number of carbonyl (C=O) groups excluding carboxylic acids is 1. The van der Waals surface area contributed by atoms with E-state index in [4.69, 9.17) is 10.8 Å². The van der Waals surface area contributed by atoms with Crippen molar-refractivity contribution in [2.45, 2.75) is 6.18 Å². The van der Waals surface area contributed by atoms with Crippen LogP contribution in [0.5, 0.6) is 0 Å². The second-order valence-corrected chi connectivity index (χ2v) is 5.30. The number of amides is 1. The zero-order valence-electron chi connectivity index (χ0n) is 12.0. The van der Waals surface area contributed by atoms with Crippen LogP contribution in [0, 0.1) is 22.0 Å². The highest BCUT2D eigenvalue weighted by Crippen LogP contribution is 2.38. The van der Waals surface area contributed by atoms with Crippen molar-refractivity contribution in [2.75, 3.05) is 18.8 Å². The number of carboxylic acids is 1. The summed E-state index contributed by atoms with van der Waals surface area (Å²) >= 11 is 0. The topological polar surface area (TPSA) is 127 Å². The summed E-state index contributed by atoms with van der Waals surface area (Å²) in [5.41, 5.74) is 4.17. The van der Waals surface area contributed by atoms with Crippen molar-refractivity contribution in [2.24, 2.45) is 11.8 Å². The minimum atomic E-state index is -4.79. The first-order valence-electron chi connectivity index (χ1n) is 6.65. The molecule has 1 aliphatic heterocycles. The summed E-state index contributed by atoms with van der Waals surface area (Å²) in [4.78, 5) is 34.1. The Labute approximate surface area is 132 Å². The van der Waals surface area contributed by atoms with Gasteiger partial charge in [-0.1, -0.05) is 6.07 Å². The summed E-state index contributed by atoms with van der Waals surface area (Å²) in [6, 6.07) is 3.36. The molecule has 24 heavy (non-hydrogen) atoms. The normalized spacial score (nSPS) is 20.9. The fraction of sp³-hybridized carbons (Fsp3) is 0.385. The molecule has 2 atom stereocenters. The lowest BCUT2D eigenvalue weighted by atomic mass is 9.96. The maximum atomic E-state index is 12.9. The lowest BCUT2D eigenvalue weighted by Crippen LogP contribution is -2.34. The first-order valence-corrected chi connectivity index (χ1v) is 6.65. The molecule has 0 spiro atoms. The van der Waals surface area contributed by atoms with E-state index in [1.807, 2.05) is 0 Å². The van der Waals surface area contributed by atoms with Crippen LogP contribution in [0.3, 0.4) is 0 Å². The Morgan fingerprint density at radius 2 is 1.96 bits per heavy atom. The number of alkyl halides is 3. The Balaban J connectivity index is 2.33. The molecule has 0 aliphatic carbocycles. The Kier molecular flexibility index (Phi) is 4.36. The average molecular weight is 347 g/mol. The first kappa shape index (κ1) is 17.5. The van der Waals surface area contributed by atoms with E-state index in [1.54, 1.807) is 0 Å². The number of benzene rings is 1. The van der Waals surface area contributed by atoms with Crippen molar-refractivity contribution in [3.8, 4) is 0 Å². The van der Waals surface area contributed by atoms with E-state index in [-0.39, 0.29) is 5.56 Å². The third kappa shape index (κ3) is 3.09. The number of nitro benzene ring substituents is 1. The van der Waals surface area contributed by atoms with Gasteiger partial charge in [0.2, 0.25) is 0 Å². The number of hydrogen-bond donors (Lipinski definition) is 2. The summed E-state index contributed by atoms with van der Waals surface area (Å²) < 4.78 is 38.8. The largest absolute Gasteiger partial charge is 0.481 e. The fourth-order valence-electron chi connectivity index (χ4n) is 2.62. The van der Waals surface area contributed by atoms with Gasteiger partial charge in [0.05, 0.1) is 22.3 Å². The Morgan fingerprint density at radius 1 is 1.33 bits per heavy atom. The molecule has 1 fully saturated rings. The van der Waals surface area contributed by atoms with Crippen LogP contribution in [0.4, 0.5) is 24.5 Å². The van der Waals surface area contributed by atoms with E-state index in [2.05, 4.69) is 0 Å². The number of para-hydroxylation sites is 1. The molecule has 1 heterocycles. The SMILES string of the molecule is Nc1c(C(=O)N2C[C@@H](C(F)(F)F)[C@H](C(=O)O)C2)cccc1[N+](=O)[O-]. The molecule has 0 bridgehead atoms. The van der Waals surface area contributed by atoms with E-state index in [9.17, 15) is 32.9 Å². The molecule has 0 aromatic heterocycles. The minimum absolute atomic E-state index is 0.337. The highest BCUT2D eigenvalue weighted by molar-refractivity contribution is 6.01. The number of hydrogen-bond acceptors (Lipinski definition) is 5. The van der Waals surface area contributed by atoms with Gasteiger partial charge in [0.15, 0.2) is 0 Å². The highest BCUT2D eigenvalue weighted by atomic mass is 19.4. The molecule has 3 N–H and O–H groups in total. The van der Waals surface area contributed by atoms with Gasteiger partial charge in [-0.15, -0.1) is 0 Å². The number of likely N-dealkylation sites (tertiary alicyclic amines) is 1. The molecule has 1 aliphatic rings. The predicted molar refractivity (Wildman–Crippen MR) is 74.1 cm³/mol. The number of anilines is 1. The van der Waals surface area contributed by atoms with Crippen LogP contribution in [0.25, 0.3) is 0 Å². The molecule has 1 saturated heterocycles. The summed E-state index contributed by atoms with van der Waals surface area (Å²) in [5, 5.41) is 19.8. The van der Waals surface area contributed by atoms with Gasteiger partial charge in [0, 0.05) is 19.2 Å². The quantitative estimate of drug-likeness (QED) is 0.485. The summed E-state index contributed by atoms with van der Waals surface area (Å²) in [7, 11) is 0. The van der Waals surface area contributed by atoms with E-state index < -0.39 is 59.3 Å². The number of nitrogens with two attached hydrogens (primary N) is 1. The predicted octanol–water partition coefficient (Wildman–Crippen LogP) is 1.51. The molecule has 0 saturated carbocycles. The first-order chi connectivity index (χ1) is 11.0. The van der Waals surface area contributed by atoms with Crippen molar-refractivity contribution < 1.29 is 32.8 Å². The molecule has 2 rings (SSSR count). The minimum Gasteiger partial charge on any atom is -0.481 e. The van der Waals surface area contributed by atoms with E-state index in [0.29, 0.717) is 4.90 Å². The van der Waals surface area contributed by atoms with Gasteiger partial charge in [-0.25, -0.2) is 0 Å². The average Bonchev–Trinajstić information content (AvgIpc) is 2.92. The second kappa shape index (κ2) is 5.98. The van der Waals surface area contributed by atoms with Crippen LogP contribution < -0.4 is 5.73 Å². The number of rotatable bonds is 3. The van der Waals surface area contributed by atoms with Crippen LogP contribution >= 0.6 is 0 Å².